The fraction of sp³-hybridized carbons (Fsp3) is 0.222. The van der Waals surface area contributed by atoms with Crippen molar-refractivity contribution in [2.24, 2.45) is 4.36 Å². The third-order valence-electron chi connectivity index (χ3n) is 1.56. The normalized spacial score (nSPS) is 12.1. The number of rotatable bonds is 2. The van der Waals surface area contributed by atoms with E-state index >= 15 is 0 Å². The molecule has 0 saturated heterocycles. The van der Waals surface area contributed by atoms with Gasteiger partial charge in [0.2, 0.25) is 6.19 Å². The molecule has 0 radical (unpaired) electrons. The summed E-state index contributed by atoms with van der Waals surface area (Å²) in [6.07, 6.45) is 3.70. The molecule has 1 rings (SSSR count). The Morgan fingerprint density at radius 1 is 1.54 bits per heavy atom. The van der Waals surface area contributed by atoms with Crippen LogP contribution >= 0.6 is 0 Å². The predicted octanol–water partition coefficient (Wildman–Crippen LogP) is 1.97. The van der Waals surface area contributed by atoms with Gasteiger partial charge in [-0.15, -0.1) is 4.36 Å². The Labute approximate surface area is 80.1 Å². The van der Waals surface area contributed by atoms with Crippen LogP contribution in [0.3, 0.4) is 0 Å². The second-order valence-corrected chi connectivity index (χ2v) is 3.96. The van der Waals surface area contributed by atoms with Gasteiger partial charge < -0.3 is 4.74 Å². The van der Waals surface area contributed by atoms with Crippen molar-refractivity contribution in [3.63, 3.8) is 0 Å². The van der Waals surface area contributed by atoms with Gasteiger partial charge in [0.25, 0.3) is 0 Å². The Balaban J connectivity index is 3.03. The van der Waals surface area contributed by atoms with Crippen LogP contribution in [0.5, 0.6) is 5.75 Å². The highest BCUT2D eigenvalue weighted by atomic mass is 32.2. The SMILES string of the molecule is COc1cccc(/S(C)=N/C#N)c1. The summed E-state index contributed by atoms with van der Waals surface area (Å²) in [7, 11) is 1.26. The summed E-state index contributed by atoms with van der Waals surface area (Å²) in [5, 5.41) is 8.38. The van der Waals surface area contributed by atoms with Crippen LogP contribution in [0.2, 0.25) is 0 Å². The maximum absolute atomic E-state index is 8.38. The molecule has 13 heavy (non-hydrogen) atoms. The average molecular weight is 194 g/mol. The molecular formula is C9H10N2OS. The zero-order valence-electron chi connectivity index (χ0n) is 7.52. The first kappa shape index (κ1) is 9.75. The maximum Gasteiger partial charge on any atom is 0.212 e. The second-order valence-electron chi connectivity index (χ2n) is 2.35. The van der Waals surface area contributed by atoms with Gasteiger partial charge in [0.05, 0.1) is 7.11 Å². The van der Waals surface area contributed by atoms with Gasteiger partial charge in [-0.05, 0) is 24.5 Å². The van der Waals surface area contributed by atoms with E-state index in [0.717, 1.165) is 10.6 Å². The molecule has 1 unspecified atom stereocenters. The molecule has 68 valence electrons. The highest BCUT2D eigenvalue weighted by Crippen LogP contribution is 2.15. The number of ether oxygens (including phenoxy) is 1. The van der Waals surface area contributed by atoms with Gasteiger partial charge in [0.1, 0.15) is 5.75 Å². The first-order valence-electron chi connectivity index (χ1n) is 3.68. The molecule has 1 aromatic rings. The van der Waals surface area contributed by atoms with E-state index in [1.807, 2.05) is 30.5 Å². The van der Waals surface area contributed by atoms with Crippen LogP contribution in [-0.2, 0) is 10.7 Å². The minimum absolute atomic E-state index is 0.361. The van der Waals surface area contributed by atoms with Gasteiger partial charge in [0.15, 0.2) is 0 Å². The van der Waals surface area contributed by atoms with E-state index in [1.54, 1.807) is 13.3 Å². The van der Waals surface area contributed by atoms with Crippen molar-refractivity contribution < 1.29 is 4.74 Å². The maximum atomic E-state index is 8.38. The number of nitrogens with zero attached hydrogens (tertiary/aromatic N) is 2. The molecule has 0 spiro atoms. The number of benzene rings is 1. The highest BCUT2D eigenvalue weighted by molar-refractivity contribution is 7.86. The van der Waals surface area contributed by atoms with Crippen LogP contribution in [0.4, 0.5) is 0 Å². The molecule has 0 amide bonds. The summed E-state index contributed by atoms with van der Waals surface area (Å²) in [5.74, 6) is 0.796. The lowest BCUT2D eigenvalue weighted by atomic mass is 10.3. The van der Waals surface area contributed by atoms with Crippen molar-refractivity contribution in [1.82, 2.24) is 0 Å². The summed E-state index contributed by atoms with van der Waals surface area (Å²) < 4.78 is 8.81. The molecule has 0 bridgehead atoms. The smallest absolute Gasteiger partial charge is 0.212 e. The zero-order valence-corrected chi connectivity index (χ0v) is 8.34. The van der Waals surface area contributed by atoms with Crippen LogP contribution < -0.4 is 4.74 Å². The van der Waals surface area contributed by atoms with Crippen LogP contribution in [0.1, 0.15) is 0 Å². The number of hydrogen-bond donors (Lipinski definition) is 0. The molecule has 0 aliphatic heterocycles. The molecule has 3 nitrogen and oxygen atoms in total. The van der Waals surface area contributed by atoms with Gasteiger partial charge in [-0.25, -0.2) is 0 Å². The largest absolute Gasteiger partial charge is 0.497 e. The molecule has 0 aliphatic rings. The zero-order chi connectivity index (χ0) is 9.68. The van der Waals surface area contributed by atoms with E-state index in [0.29, 0.717) is 0 Å². The summed E-state index contributed by atoms with van der Waals surface area (Å²) in [5.41, 5.74) is 0. The van der Waals surface area contributed by atoms with Gasteiger partial charge >= 0.3 is 0 Å². The topological polar surface area (TPSA) is 45.4 Å². The lowest BCUT2D eigenvalue weighted by Crippen LogP contribution is -1.88. The molecule has 1 aromatic carbocycles. The van der Waals surface area contributed by atoms with E-state index in [1.165, 1.54) is 0 Å². The molecule has 0 N–H and O–H groups in total. The van der Waals surface area contributed by atoms with E-state index in [4.69, 9.17) is 10.00 Å². The molecule has 0 aromatic heterocycles. The summed E-state index contributed by atoms with van der Waals surface area (Å²) in [6.45, 7) is 0. The molecule has 0 heterocycles. The Hall–Kier alpha value is -1.34. The molecule has 0 aliphatic carbocycles. The van der Waals surface area contributed by atoms with Gasteiger partial charge in [-0.2, -0.15) is 5.26 Å². The second kappa shape index (κ2) is 4.63. The average Bonchev–Trinajstić information content (AvgIpc) is 2.18. The number of nitriles is 1. The lowest BCUT2D eigenvalue weighted by molar-refractivity contribution is 0.413. The Morgan fingerprint density at radius 3 is 2.92 bits per heavy atom. The molecule has 0 saturated carbocycles. The van der Waals surface area contributed by atoms with Crippen LogP contribution in [0, 0.1) is 11.5 Å². The fourth-order valence-corrected chi connectivity index (χ4v) is 1.69. The molecule has 1 atom stereocenters. The lowest BCUT2D eigenvalue weighted by Gasteiger charge is -2.02. The Bertz CT molecular complexity index is 368. The minimum atomic E-state index is -0.361. The highest BCUT2D eigenvalue weighted by Gasteiger charge is 1.96. The third kappa shape index (κ3) is 2.56. The Kier molecular flexibility index (Phi) is 3.47. The quantitative estimate of drug-likeness (QED) is 0.675. The first-order chi connectivity index (χ1) is 6.27. The number of hydrogen-bond acceptors (Lipinski definition) is 3. The van der Waals surface area contributed by atoms with Crippen molar-refractivity contribution in [2.75, 3.05) is 13.4 Å². The monoisotopic (exact) mass is 194 g/mol. The van der Waals surface area contributed by atoms with Crippen molar-refractivity contribution in [3.05, 3.63) is 24.3 Å². The molecular weight excluding hydrogens is 184 g/mol. The van der Waals surface area contributed by atoms with Crippen molar-refractivity contribution in [1.29, 1.82) is 5.26 Å². The van der Waals surface area contributed by atoms with Gasteiger partial charge in [0, 0.05) is 4.90 Å². The van der Waals surface area contributed by atoms with Gasteiger partial charge in [-0.1, -0.05) is 16.8 Å². The van der Waals surface area contributed by atoms with E-state index in [-0.39, 0.29) is 10.7 Å². The molecule has 0 fully saturated rings. The number of methoxy groups -OCH3 is 1. The van der Waals surface area contributed by atoms with Crippen molar-refractivity contribution in [3.8, 4) is 11.9 Å². The molecule has 4 heteroatoms. The van der Waals surface area contributed by atoms with Crippen molar-refractivity contribution >= 4 is 10.7 Å². The van der Waals surface area contributed by atoms with E-state index in [2.05, 4.69) is 4.36 Å². The van der Waals surface area contributed by atoms with Crippen LogP contribution in [-0.4, -0.2) is 13.4 Å². The first-order valence-corrected chi connectivity index (χ1v) is 5.27. The van der Waals surface area contributed by atoms with Crippen LogP contribution in [0.25, 0.3) is 0 Å². The Morgan fingerprint density at radius 2 is 2.31 bits per heavy atom. The summed E-state index contributed by atoms with van der Waals surface area (Å²) >= 11 is 0. The third-order valence-corrected chi connectivity index (χ3v) is 2.85. The van der Waals surface area contributed by atoms with Crippen LogP contribution in [0.15, 0.2) is 33.5 Å². The summed E-state index contributed by atoms with van der Waals surface area (Å²) in [4.78, 5) is 1.01. The minimum Gasteiger partial charge on any atom is -0.497 e. The predicted molar refractivity (Wildman–Crippen MR) is 52.6 cm³/mol. The fourth-order valence-electron chi connectivity index (χ4n) is 0.899. The van der Waals surface area contributed by atoms with E-state index < -0.39 is 0 Å². The summed E-state index contributed by atoms with van der Waals surface area (Å²) in [6, 6.07) is 7.59. The van der Waals surface area contributed by atoms with E-state index in [9.17, 15) is 0 Å². The standard InChI is InChI=1S/C9H10N2OS/c1-12-8-4-3-5-9(6-8)13(2)11-7-10/h3-6H,1-2H3. The van der Waals surface area contributed by atoms with Crippen molar-refractivity contribution in [2.45, 2.75) is 4.90 Å². The van der Waals surface area contributed by atoms with Gasteiger partial charge in [-0.3, -0.25) is 0 Å².